The van der Waals surface area contributed by atoms with Gasteiger partial charge in [-0.15, -0.1) is 10.2 Å². The maximum Gasteiger partial charge on any atom is 0.272 e. The minimum absolute atomic E-state index is 0.451. The molecule has 0 atom stereocenters. The van der Waals surface area contributed by atoms with E-state index in [0.717, 1.165) is 22.6 Å². The Balaban J connectivity index is 1.85. The molecule has 4 rings (SSSR count). The highest BCUT2D eigenvalue weighted by Crippen LogP contribution is 2.28. The van der Waals surface area contributed by atoms with Crippen LogP contribution in [-0.4, -0.2) is 31.9 Å². The summed E-state index contributed by atoms with van der Waals surface area (Å²) in [5.74, 6) is 1.77. The van der Waals surface area contributed by atoms with E-state index in [1.165, 1.54) is 0 Å². The van der Waals surface area contributed by atoms with E-state index in [1.807, 2.05) is 54.6 Å². The van der Waals surface area contributed by atoms with Crippen molar-refractivity contribution in [3.05, 3.63) is 60.8 Å². The van der Waals surface area contributed by atoms with Crippen LogP contribution in [0.15, 0.2) is 60.8 Å². The summed E-state index contributed by atoms with van der Waals surface area (Å²) in [6.07, 6.45) is 1.71. The lowest BCUT2D eigenvalue weighted by Gasteiger charge is -2.06. The minimum atomic E-state index is 0.451. The largest absolute Gasteiger partial charge is 0.496 e. The smallest absolute Gasteiger partial charge is 0.272 e. The van der Waals surface area contributed by atoms with E-state index in [0.29, 0.717) is 11.6 Å². The summed E-state index contributed by atoms with van der Waals surface area (Å²) in [6, 6.07) is 17.5. The zero-order chi connectivity index (χ0) is 15.6. The van der Waals surface area contributed by atoms with Gasteiger partial charge in [0.05, 0.1) is 24.6 Å². The van der Waals surface area contributed by atoms with E-state index in [4.69, 9.17) is 4.74 Å². The molecule has 0 aliphatic rings. The van der Waals surface area contributed by atoms with Crippen LogP contribution in [0.25, 0.3) is 28.4 Å². The Morgan fingerprint density at radius 1 is 0.913 bits per heavy atom. The van der Waals surface area contributed by atoms with Crippen LogP contribution in [0, 0.1) is 0 Å². The molecule has 0 aliphatic heterocycles. The number of aromatic nitrogens is 5. The molecule has 112 valence electrons. The lowest BCUT2D eigenvalue weighted by atomic mass is 10.2. The van der Waals surface area contributed by atoms with Crippen LogP contribution >= 0.6 is 0 Å². The normalized spacial score (nSPS) is 10.8. The Hall–Kier alpha value is -3.28. The second-order valence-corrected chi connectivity index (χ2v) is 4.94. The Kier molecular flexibility index (Phi) is 3.20. The lowest BCUT2D eigenvalue weighted by molar-refractivity contribution is 0.416. The van der Waals surface area contributed by atoms with Gasteiger partial charge < -0.3 is 4.74 Å². The summed E-state index contributed by atoms with van der Waals surface area (Å²) in [4.78, 5) is 4.53. The van der Waals surface area contributed by atoms with Crippen molar-refractivity contribution in [3.63, 3.8) is 0 Å². The van der Waals surface area contributed by atoms with Gasteiger partial charge in [0.25, 0.3) is 5.78 Å². The number of para-hydroxylation sites is 1. The number of ether oxygens (including phenoxy) is 1. The minimum Gasteiger partial charge on any atom is -0.496 e. The van der Waals surface area contributed by atoms with E-state index in [-0.39, 0.29) is 0 Å². The summed E-state index contributed by atoms with van der Waals surface area (Å²) in [6.45, 7) is 0. The third kappa shape index (κ3) is 2.30. The number of methoxy groups -OCH3 is 1. The molecule has 2 heterocycles. The first-order valence-electron chi connectivity index (χ1n) is 7.14. The molecule has 0 spiro atoms. The molecule has 4 aromatic rings. The van der Waals surface area contributed by atoms with Crippen molar-refractivity contribution < 1.29 is 4.74 Å². The predicted molar refractivity (Wildman–Crippen MR) is 86.0 cm³/mol. The number of rotatable bonds is 3. The molecule has 0 N–H and O–H groups in total. The van der Waals surface area contributed by atoms with E-state index < -0.39 is 0 Å². The topological polar surface area (TPSA) is 65.2 Å². The Labute approximate surface area is 132 Å². The first kappa shape index (κ1) is 13.4. The second-order valence-electron chi connectivity index (χ2n) is 4.94. The number of fused-ring (bicyclic) bond motifs is 1. The highest BCUT2D eigenvalue weighted by atomic mass is 16.5. The van der Waals surface area contributed by atoms with E-state index in [2.05, 4.69) is 20.3 Å². The van der Waals surface area contributed by atoms with Gasteiger partial charge in [-0.1, -0.05) is 42.5 Å². The monoisotopic (exact) mass is 303 g/mol. The van der Waals surface area contributed by atoms with E-state index >= 15 is 0 Å². The molecule has 0 unspecified atom stereocenters. The predicted octanol–water partition coefficient (Wildman–Crippen LogP) is 2.86. The zero-order valence-electron chi connectivity index (χ0n) is 12.4. The molecular formula is C17H13N5O. The maximum atomic E-state index is 5.38. The van der Waals surface area contributed by atoms with Gasteiger partial charge in [0.2, 0.25) is 0 Å². The highest BCUT2D eigenvalue weighted by molar-refractivity contribution is 5.66. The van der Waals surface area contributed by atoms with Crippen molar-refractivity contribution in [1.82, 2.24) is 24.8 Å². The number of nitrogens with zero attached hydrogens (tertiary/aromatic N) is 5. The van der Waals surface area contributed by atoms with Crippen molar-refractivity contribution >= 4 is 5.78 Å². The first-order chi connectivity index (χ1) is 11.4. The van der Waals surface area contributed by atoms with E-state index in [9.17, 15) is 0 Å². The molecule has 0 amide bonds. The van der Waals surface area contributed by atoms with Crippen molar-refractivity contribution in [3.8, 4) is 28.4 Å². The molecule has 6 heteroatoms. The quantitative estimate of drug-likeness (QED) is 0.582. The molecule has 0 saturated carbocycles. The molecule has 0 bridgehead atoms. The Bertz CT molecular complexity index is 965. The summed E-state index contributed by atoms with van der Waals surface area (Å²) >= 11 is 0. The molecular weight excluding hydrogens is 290 g/mol. The van der Waals surface area contributed by atoms with Gasteiger partial charge in [0.15, 0.2) is 5.82 Å². The van der Waals surface area contributed by atoms with Crippen molar-refractivity contribution in [2.75, 3.05) is 7.11 Å². The van der Waals surface area contributed by atoms with E-state index in [1.54, 1.807) is 17.8 Å². The van der Waals surface area contributed by atoms with Gasteiger partial charge in [-0.3, -0.25) is 0 Å². The summed E-state index contributed by atoms with van der Waals surface area (Å²) < 4.78 is 7.00. The number of hydrogen-bond donors (Lipinski definition) is 0. The van der Waals surface area contributed by atoms with Crippen LogP contribution in [0.4, 0.5) is 0 Å². The van der Waals surface area contributed by atoms with Crippen molar-refractivity contribution in [2.45, 2.75) is 0 Å². The maximum absolute atomic E-state index is 5.38. The third-order valence-corrected chi connectivity index (χ3v) is 3.56. The van der Waals surface area contributed by atoms with Crippen LogP contribution in [0.2, 0.25) is 0 Å². The average Bonchev–Trinajstić information content (AvgIpc) is 3.05. The molecule has 2 aromatic carbocycles. The Morgan fingerprint density at radius 2 is 1.70 bits per heavy atom. The molecule has 0 saturated heterocycles. The molecule has 2 aromatic heterocycles. The fourth-order valence-electron chi connectivity index (χ4n) is 2.44. The van der Waals surface area contributed by atoms with Gasteiger partial charge >= 0.3 is 0 Å². The van der Waals surface area contributed by atoms with Crippen LogP contribution in [0.3, 0.4) is 0 Å². The summed E-state index contributed by atoms with van der Waals surface area (Å²) in [7, 11) is 1.63. The standard InChI is InChI=1S/C17H13N5O/c1-23-15-10-6-5-9-13(15)16-20-21-17-19-14(11-18-22(16)17)12-7-3-2-4-8-12/h2-11H,1H3. The molecule has 0 radical (unpaired) electrons. The van der Waals surface area contributed by atoms with Gasteiger partial charge in [-0.2, -0.15) is 9.61 Å². The lowest BCUT2D eigenvalue weighted by Crippen LogP contribution is -1.99. The summed E-state index contributed by atoms with van der Waals surface area (Å²) in [5.41, 5.74) is 2.57. The fourth-order valence-corrected chi connectivity index (χ4v) is 2.44. The fraction of sp³-hybridized carbons (Fsp3) is 0.0588. The SMILES string of the molecule is COc1ccccc1-c1nnc2nc(-c3ccccc3)cnn12. The van der Waals surface area contributed by atoms with Crippen LogP contribution in [0.1, 0.15) is 0 Å². The third-order valence-electron chi connectivity index (χ3n) is 3.56. The molecule has 23 heavy (non-hydrogen) atoms. The molecule has 6 nitrogen and oxygen atoms in total. The van der Waals surface area contributed by atoms with Gasteiger partial charge in [0, 0.05) is 5.56 Å². The van der Waals surface area contributed by atoms with Gasteiger partial charge in [-0.05, 0) is 12.1 Å². The Morgan fingerprint density at radius 3 is 2.52 bits per heavy atom. The number of hydrogen-bond acceptors (Lipinski definition) is 5. The van der Waals surface area contributed by atoms with Gasteiger partial charge in [-0.25, -0.2) is 4.98 Å². The van der Waals surface area contributed by atoms with Gasteiger partial charge in [0.1, 0.15) is 5.75 Å². The zero-order valence-corrected chi connectivity index (χ0v) is 12.4. The van der Waals surface area contributed by atoms with Crippen LogP contribution in [-0.2, 0) is 0 Å². The first-order valence-corrected chi connectivity index (χ1v) is 7.14. The van der Waals surface area contributed by atoms with Crippen LogP contribution in [0.5, 0.6) is 5.75 Å². The molecule has 0 aliphatic carbocycles. The number of benzene rings is 2. The van der Waals surface area contributed by atoms with Crippen LogP contribution < -0.4 is 4.74 Å². The van der Waals surface area contributed by atoms with Crippen molar-refractivity contribution in [2.24, 2.45) is 0 Å². The molecule has 0 fully saturated rings. The second kappa shape index (κ2) is 5.49. The highest BCUT2D eigenvalue weighted by Gasteiger charge is 2.14. The van der Waals surface area contributed by atoms with Crippen molar-refractivity contribution in [1.29, 1.82) is 0 Å². The average molecular weight is 303 g/mol. The summed E-state index contributed by atoms with van der Waals surface area (Å²) in [5, 5.41) is 12.8.